The number of aryl methyl sites for hydroxylation is 1. The van der Waals surface area contributed by atoms with Crippen LogP contribution in [0.4, 0.5) is 22.1 Å². The van der Waals surface area contributed by atoms with Crippen LogP contribution in [0.1, 0.15) is 42.7 Å². The van der Waals surface area contributed by atoms with Crippen molar-refractivity contribution in [3.8, 4) is 11.1 Å². The molecule has 0 bridgehead atoms. The van der Waals surface area contributed by atoms with Gasteiger partial charge < -0.3 is 21.3 Å². The number of nitrogens with zero attached hydrogens (tertiary/aromatic N) is 5. The number of aromatic nitrogens is 4. The fourth-order valence-corrected chi connectivity index (χ4v) is 4.41. The van der Waals surface area contributed by atoms with Gasteiger partial charge in [-0.05, 0) is 69.2 Å². The van der Waals surface area contributed by atoms with Crippen LogP contribution in [-0.4, -0.2) is 62.6 Å². The molecule has 5 N–H and O–H groups in total. The maximum atomic E-state index is 13.2. The Labute approximate surface area is 227 Å². The number of benzene rings is 1. The SMILES string of the molecule is CCN(CC)CCCCNC(=O)c1cn2ncnc(N)c2c1-c1ccc(NC(=O)Nc2cccc(C)n2)cc1. The first-order chi connectivity index (χ1) is 18.9. The number of hydrogen-bond donors (Lipinski definition) is 4. The van der Waals surface area contributed by atoms with Gasteiger partial charge in [0, 0.05) is 29.7 Å². The summed E-state index contributed by atoms with van der Waals surface area (Å²) in [4.78, 5) is 36.4. The van der Waals surface area contributed by atoms with Gasteiger partial charge in [-0.25, -0.2) is 19.3 Å². The lowest BCUT2D eigenvalue weighted by Crippen LogP contribution is -2.27. The monoisotopic (exact) mass is 529 g/mol. The van der Waals surface area contributed by atoms with Gasteiger partial charge in [0.15, 0.2) is 5.82 Å². The number of anilines is 3. The van der Waals surface area contributed by atoms with Gasteiger partial charge in [0.1, 0.15) is 17.7 Å². The molecule has 0 atom stereocenters. The Hall–Kier alpha value is -4.51. The van der Waals surface area contributed by atoms with Crippen molar-refractivity contribution in [2.75, 3.05) is 42.5 Å². The Balaban J connectivity index is 1.49. The number of amides is 3. The number of rotatable bonds is 11. The number of nitrogens with two attached hydrogens (primary N) is 1. The van der Waals surface area contributed by atoms with Crippen molar-refractivity contribution in [2.24, 2.45) is 0 Å². The molecule has 4 aromatic rings. The number of carbonyl (C=O) groups excluding carboxylic acids is 2. The average molecular weight is 530 g/mol. The summed E-state index contributed by atoms with van der Waals surface area (Å²) in [5.41, 5.74) is 9.97. The summed E-state index contributed by atoms with van der Waals surface area (Å²) in [6.45, 7) is 9.78. The molecule has 0 aliphatic heterocycles. The number of unbranched alkanes of at least 4 members (excludes halogenated alkanes) is 1. The molecule has 0 saturated carbocycles. The van der Waals surface area contributed by atoms with Crippen molar-refractivity contribution in [1.82, 2.24) is 29.8 Å². The van der Waals surface area contributed by atoms with Crippen LogP contribution in [0.15, 0.2) is 55.0 Å². The van der Waals surface area contributed by atoms with Crippen LogP contribution in [0.3, 0.4) is 0 Å². The van der Waals surface area contributed by atoms with Gasteiger partial charge in [-0.15, -0.1) is 0 Å². The van der Waals surface area contributed by atoms with E-state index < -0.39 is 6.03 Å². The first-order valence-corrected chi connectivity index (χ1v) is 13.1. The molecule has 3 heterocycles. The third kappa shape index (κ3) is 6.88. The maximum Gasteiger partial charge on any atom is 0.324 e. The van der Waals surface area contributed by atoms with Gasteiger partial charge in [-0.2, -0.15) is 5.10 Å². The van der Waals surface area contributed by atoms with Crippen molar-refractivity contribution in [2.45, 2.75) is 33.6 Å². The third-order valence-electron chi connectivity index (χ3n) is 6.49. The van der Waals surface area contributed by atoms with Crippen LogP contribution >= 0.6 is 0 Å². The van der Waals surface area contributed by atoms with Crippen LogP contribution in [0.2, 0.25) is 0 Å². The molecule has 0 fully saturated rings. The van der Waals surface area contributed by atoms with Gasteiger partial charge in [-0.1, -0.05) is 32.0 Å². The van der Waals surface area contributed by atoms with E-state index in [1.165, 1.54) is 6.33 Å². The fourth-order valence-electron chi connectivity index (χ4n) is 4.41. The summed E-state index contributed by atoms with van der Waals surface area (Å²) in [5.74, 6) is 0.527. The molecule has 0 aliphatic rings. The highest BCUT2D eigenvalue weighted by Crippen LogP contribution is 2.33. The van der Waals surface area contributed by atoms with Gasteiger partial charge in [-0.3, -0.25) is 10.1 Å². The third-order valence-corrected chi connectivity index (χ3v) is 6.49. The summed E-state index contributed by atoms with van der Waals surface area (Å²) in [6.07, 6.45) is 4.92. The van der Waals surface area contributed by atoms with Crippen molar-refractivity contribution in [3.63, 3.8) is 0 Å². The number of fused-ring (bicyclic) bond motifs is 1. The molecule has 4 rings (SSSR count). The van der Waals surface area contributed by atoms with E-state index in [1.54, 1.807) is 28.9 Å². The molecule has 0 radical (unpaired) electrons. The van der Waals surface area contributed by atoms with Crippen LogP contribution in [0.25, 0.3) is 16.6 Å². The van der Waals surface area contributed by atoms with E-state index in [4.69, 9.17) is 5.73 Å². The van der Waals surface area contributed by atoms with Gasteiger partial charge in [0.05, 0.1) is 5.56 Å². The van der Waals surface area contributed by atoms with E-state index in [9.17, 15) is 9.59 Å². The van der Waals surface area contributed by atoms with Gasteiger partial charge in [0.2, 0.25) is 0 Å². The predicted octanol–water partition coefficient (Wildman–Crippen LogP) is 4.18. The lowest BCUT2D eigenvalue weighted by molar-refractivity contribution is 0.0953. The standard InChI is InChI=1S/C28H35N9O2/c1-4-36(5-2)16-7-6-15-30-27(38)22-17-37-25(26(29)31-18-32-37)24(22)20-11-13-21(14-12-20)34-28(39)35-23-10-8-9-19(3)33-23/h8-14,17-18H,4-7,15-16H2,1-3H3,(H,30,38)(H2,29,31,32)(H2,33,34,35,39). The molecule has 3 amide bonds. The fraction of sp³-hybridized carbons (Fsp3) is 0.321. The second-order valence-corrected chi connectivity index (χ2v) is 9.17. The van der Waals surface area contributed by atoms with Gasteiger partial charge in [0.25, 0.3) is 5.91 Å². The van der Waals surface area contributed by atoms with Crippen LogP contribution in [0.5, 0.6) is 0 Å². The lowest BCUT2D eigenvalue weighted by atomic mass is 10.0. The summed E-state index contributed by atoms with van der Waals surface area (Å²) in [6, 6.07) is 12.2. The number of hydrogen-bond acceptors (Lipinski definition) is 7. The summed E-state index contributed by atoms with van der Waals surface area (Å²) < 4.78 is 1.57. The van der Waals surface area contributed by atoms with Crippen molar-refractivity contribution in [3.05, 3.63) is 66.2 Å². The van der Waals surface area contributed by atoms with E-state index in [0.29, 0.717) is 34.7 Å². The first-order valence-electron chi connectivity index (χ1n) is 13.1. The number of carbonyl (C=O) groups is 2. The minimum Gasteiger partial charge on any atom is -0.382 e. The lowest BCUT2D eigenvalue weighted by Gasteiger charge is -2.17. The molecule has 11 nitrogen and oxygen atoms in total. The Morgan fingerprint density at radius 2 is 1.79 bits per heavy atom. The minimum absolute atomic E-state index is 0.204. The molecule has 0 unspecified atom stereocenters. The second-order valence-electron chi connectivity index (χ2n) is 9.17. The summed E-state index contributed by atoms with van der Waals surface area (Å²) in [5, 5.41) is 12.8. The summed E-state index contributed by atoms with van der Waals surface area (Å²) in [7, 11) is 0. The molecule has 3 aromatic heterocycles. The molecule has 0 spiro atoms. The van der Waals surface area contributed by atoms with Gasteiger partial charge >= 0.3 is 6.03 Å². The van der Waals surface area contributed by atoms with Crippen LogP contribution < -0.4 is 21.7 Å². The highest BCUT2D eigenvalue weighted by Gasteiger charge is 2.21. The average Bonchev–Trinajstić information content (AvgIpc) is 3.32. The number of urea groups is 1. The first kappa shape index (κ1) is 27.5. The van der Waals surface area contributed by atoms with E-state index in [2.05, 4.69) is 49.8 Å². The maximum absolute atomic E-state index is 13.2. The number of nitrogen functional groups attached to an aromatic ring is 1. The van der Waals surface area contributed by atoms with Crippen LogP contribution in [0, 0.1) is 6.92 Å². The van der Waals surface area contributed by atoms with E-state index in [-0.39, 0.29) is 11.7 Å². The molecule has 39 heavy (non-hydrogen) atoms. The highest BCUT2D eigenvalue weighted by atomic mass is 16.2. The summed E-state index contributed by atoms with van der Waals surface area (Å²) >= 11 is 0. The normalized spacial score (nSPS) is 11.1. The zero-order valence-electron chi connectivity index (χ0n) is 22.6. The Morgan fingerprint density at radius 3 is 2.51 bits per heavy atom. The predicted molar refractivity (Wildman–Crippen MR) is 154 cm³/mol. The quantitative estimate of drug-likeness (QED) is 0.214. The van der Waals surface area contributed by atoms with E-state index in [1.807, 2.05) is 31.2 Å². The molecule has 0 aliphatic carbocycles. The molecular weight excluding hydrogens is 494 g/mol. The minimum atomic E-state index is -0.408. The molecule has 1 aromatic carbocycles. The second kappa shape index (κ2) is 12.8. The van der Waals surface area contributed by atoms with Crippen molar-refractivity contribution < 1.29 is 9.59 Å². The number of nitrogens with one attached hydrogen (secondary N) is 3. The van der Waals surface area contributed by atoms with Crippen LogP contribution in [-0.2, 0) is 0 Å². The Bertz CT molecular complexity index is 1430. The Kier molecular flexibility index (Phi) is 9.06. The zero-order chi connectivity index (χ0) is 27.8. The Morgan fingerprint density at radius 1 is 1.03 bits per heavy atom. The zero-order valence-corrected chi connectivity index (χ0v) is 22.6. The highest BCUT2D eigenvalue weighted by molar-refractivity contribution is 6.07. The number of pyridine rings is 1. The molecule has 11 heteroatoms. The smallest absolute Gasteiger partial charge is 0.324 e. The largest absolute Gasteiger partial charge is 0.382 e. The van der Waals surface area contributed by atoms with Crippen molar-refractivity contribution in [1.29, 1.82) is 0 Å². The van der Waals surface area contributed by atoms with E-state index >= 15 is 0 Å². The molecule has 0 saturated heterocycles. The molecule has 204 valence electrons. The van der Waals surface area contributed by atoms with Crippen molar-refractivity contribution >= 4 is 34.8 Å². The molecular formula is C28H35N9O2. The van der Waals surface area contributed by atoms with E-state index in [0.717, 1.165) is 43.7 Å². The topological polar surface area (TPSA) is 143 Å².